The van der Waals surface area contributed by atoms with Crippen LogP contribution in [0, 0.1) is 0 Å². The fourth-order valence-corrected chi connectivity index (χ4v) is 2.49. The normalized spacial score (nSPS) is 13.5. The molecule has 3 nitrogen and oxygen atoms in total. The molecule has 0 amide bonds. The number of ether oxygens (including phenoxy) is 2. The molecule has 0 spiro atoms. The summed E-state index contributed by atoms with van der Waals surface area (Å²) in [5.74, 6) is 1.94. The summed E-state index contributed by atoms with van der Waals surface area (Å²) in [6.07, 6.45) is 0. The van der Waals surface area contributed by atoms with E-state index in [1.165, 1.54) is 11.1 Å². The van der Waals surface area contributed by atoms with Crippen LogP contribution in [0.4, 0.5) is 0 Å². The fraction of sp³-hybridized carbons (Fsp3) is 0.368. The van der Waals surface area contributed by atoms with Crippen LogP contribution in [0.15, 0.2) is 48.5 Å². The van der Waals surface area contributed by atoms with Gasteiger partial charge in [-0.2, -0.15) is 0 Å². The summed E-state index contributed by atoms with van der Waals surface area (Å²) in [5.41, 5.74) is 2.55. The summed E-state index contributed by atoms with van der Waals surface area (Å²) < 4.78 is 10.7. The van der Waals surface area contributed by atoms with Crippen LogP contribution < -0.4 is 14.8 Å². The van der Waals surface area contributed by atoms with Gasteiger partial charge in [0.15, 0.2) is 11.5 Å². The van der Waals surface area contributed by atoms with E-state index in [2.05, 4.69) is 55.6 Å². The van der Waals surface area contributed by atoms with Gasteiger partial charge >= 0.3 is 0 Å². The zero-order valence-corrected chi connectivity index (χ0v) is 13.8. The molecule has 118 valence electrons. The van der Waals surface area contributed by atoms with Crippen molar-refractivity contribution >= 4 is 0 Å². The van der Waals surface area contributed by atoms with Crippen LogP contribution in [-0.4, -0.2) is 20.8 Å². The van der Waals surface area contributed by atoms with Gasteiger partial charge in [0.05, 0.1) is 14.2 Å². The van der Waals surface area contributed by atoms with Crippen molar-refractivity contribution in [3.8, 4) is 11.5 Å². The molecule has 2 rings (SSSR count). The first-order valence-corrected chi connectivity index (χ1v) is 7.66. The van der Waals surface area contributed by atoms with Gasteiger partial charge in [0, 0.05) is 12.6 Å². The summed E-state index contributed by atoms with van der Waals surface area (Å²) in [5, 5.41) is 3.59. The van der Waals surface area contributed by atoms with Crippen molar-refractivity contribution in [1.29, 1.82) is 0 Å². The first-order chi connectivity index (χ1) is 10.7. The van der Waals surface area contributed by atoms with Crippen molar-refractivity contribution in [3.63, 3.8) is 0 Å². The fourth-order valence-electron chi connectivity index (χ4n) is 2.49. The zero-order chi connectivity index (χ0) is 15.9. The summed E-state index contributed by atoms with van der Waals surface area (Å²) in [6, 6.07) is 16.9. The Morgan fingerprint density at radius 1 is 0.864 bits per heavy atom. The second-order valence-corrected chi connectivity index (χ2v) is 5.56. The molecule has 0 saturated heterocycles. The molecule has 0 aromatic heterocycles. The van der Waals surface area contributed by atoms with Gasteiger partial charge in [-0.3, -0.25) is 0 Å². The Morgan fingerprint density at radius 3 is 2.18 bits per heavy atom. The van der Waals surface area contributed by atoms with Gasteiger partial charge in [-0.1, -0.05) is 43.3 Å². The molecule has 0 aliphatic rings. The van der Waals surface area contributed by atoms with E-state index >= 15 is 0 Å². The lowest BCUT2D eigenvalue weighted by Crippen LogP contribution is -2.23. The SMILES string of the molecule is COc1ccc([C@H](C)CN[C@@H](C)c2ccccc2)cc1OC. The lowest BCUT2D eigenvalue weighted by Gasteiger charge is -2.19. The molecule has 1 N–H and O–H groups in total. The van der Waals surface area contributed by atoms with E-state index in [0.29, 0.717) is 12.0 Å². The average molecular weight is 299 g/mol. The number of methoxy groups -OCH3 is 2. The molecule has 3 heteroatoms. The molecule has 0 radical (unpaired) electrons. The highest BCUT2D eigenvalue weighted by atomic mass is 16.5. The van der Waals surface area contributed by atoms with E-state index < -0.39 is 0 Å². The number of rotatable bonds is 7. The van der Waals surface area contributed by atoms with Gasteiger partial charge in [-0.25, -0.2) is 0 Å². The molecule has 0 aliphatic heterocycles. The maximum atomic E-state index is 5.38. The second-order valence-electron chi connectivity index (χ2n) is 5.56. The average Bonchev–Trinajstić information content (AvgIpc) is 2.59. The van der Waals surface area contributed by atoms with Crippen molar-refractivity contribution in [2.24, 2.45) is 0 Å². The second kappa shape index (κ2) is 7.85. The number of benzene rings is 2. The largest absolute Gasteiger partial charge is 0.493 e. The molecule has 22 heavy (non-hydrogen) atoms. The van der Waals surface area contributed by atoms with Crippen molar-refractivity contribution in [2.75, 3.05) is 20.8 Å². The molecule has 0 saturated carbocycles. The molecule has 2 atom stereocenters. The highest BCUT2D eigenvalue weighted by Gasteiger charge is 2.12. The molecule has 0 fully saturated rings. The van der Waals surface area contributed by atoms with E-state index in [0.717, 1.165) is 18.0 Å². The van der Waals surface area contributed by atoms with E-state index in [1.54, 1.807) is 14.2 Å². The Bertz CT molecular complexity index is 583. The van der Waals surface area contributed by atoms with Crippen LogP contribution in [0.1, 0.15) is 36.9 Å². The Balaban J connectivity index is 1.99. The maximum Gasteiger partial charge on any atom is 0.160 e. The number of hydrogen-bond acceptors (Lipinski definition) is 3. The van der Waals surface area contributed by atoms with Crippen molar-refractivity contribution < 1.29 is 9.47 Å². The van der Waals surface area contributed by atoms with E-state index in [1.807, 2.05) is 12.1 Å². The minimum absolute atomic E-state index is 0.337. The zero-order valence-electron chi connectivity index (χ0n) is 13.8. The predicted octanol–water partition coefficient (Wildman–Crippen LogP) is 4.16. The monoisotopic (exact) mass is 299 g/mol. The van der Waals surface area contributed by atoms with Crippen molar-refractivity contribution in [1.82, 2.24) is 5.32 Å². The minimum atomic E-state index is 0.337. The van der Waals surface area contributed by atoms with Crippen LogP contribution in [-0.2, 0) is 0 Å². The van der Waals surface area contributed by atoms with Crippen molar-refractivity contribution in [2.45, 2.75) is 25.8 Å². The Kier molecular flexibility index (Phi) is 5.84. The van der Waals surface area contributed by atoms with Gasteiger partial charge < -0.3 is 14.8 Å². The van der Waals surface area contributed by atoms with Gasteiger partial charge in [0.25, 0.3) is 0 Å². The molecule has 2 aromatic rings. The van der Waals surface area contributed by atoms with Gasteiger partial charge in [-0.15, -0.1) is 0 Å². The third-order valence-electron chi connectivity index (χ3n) is 4.01. The molecule has 0 heterocycles. The Labute approximate surface area is 133 Å². The molecule has 0 aliphatic carbocycles. The highest BCUT2D eigenvalue weighted by molar-refractivity contribution is 5.43. The molecular formula is C19H25NO2. The number of hydrogen-bond donors (Lipinski definition) is 1. The molecule has 2 aromatic carbocycles. The van der Waals surface area contributed by atoms with Crippen LogP contribution in [0.25, 0.3) is 0 Å². The highest BCUT2D eigenvalue weighted by Crippen LogP contribution is 2.30. The number of nitrogens with one attached hydrogen (secondary N) is 1. The van der Waals surface area contributed by atoms with Crippen LogP contribution in [0.2, 0.25) is 0 Å². The molecular weight excluding hydrogens is 274 g/mol. The summed E-state index contributed by atoms with van der Waals surface area (Å²) in [7, 11) is 3.33. The molecule has 0 unspecified atom stereocenters. The lowest BCUT2D eigenvalue weighted by atomic mass is 9.99. The summed E-state index contributed by atoms with van der Waals surface area (Å²) >= 11 is 0. The molecule has 0 bridgehead atoms. The van der Waals surface area contributed by atoms with Crippen LogP contribution >= 0.6 is 0 Å². The Morgan fingerprint density at radius 2 is 1.55 bits per heavy atom. The third kappa shape index (κ3) is 4.01. The van der Waals surface area contributed by atoms with Gasteiger partial charge in [0.2, 0.25) is 0 Å². The predicted molar refractivity (Wildman–Crippen MR) is 90.8 cm³/mol. The van der Waals surface area contributed by atoms with E-state index in [9.17, 15) is 0 Å². The van der Waals surface area contributed by atoms with Crippen molar-refractivity contribution in [3.05, 3.63) is 59.7 Å². The van der Waals surface area contributed by atoms with E-state index in [4.69, 9.17) is 9.47 Å². The smallest absolute Gasteiger partial charge is 0.160 e. The first-order valence-electron chi connectivity index (χ1n) is 7.66. The maximum absolute atomic E-state index is 5.38. The van der Waals surface area contributed by atoms with Gasteiger partial charge in [0.1, 0.15) is 0 Å². The standard InChI is InChI=1S/C19H25NO2/c1-14(13-20-15(2)16-8-6-5-7-9-16)17-10-11-18(21-3)19(12-17)22-4/h5-12,14-15,20H,13H2,1-4H3/t14-,15+/m1/s1. The topological polar surface area (TPSA) is 30.5 Å². The summed E-state index contributed by atoms with van der Waals surface area (Å²) in [6.45, 7) is 5.31. The van der Waals surface area contributed by atoms with Gasteiger partial charge in [-0.05, 0) is 36.1 Å². The quantitative estimate of drug-likeness (QED) is 0.833. The lowest BCUT2D eigenvalue weighted by molar-refractivity contribution is 0.354. The first kappa shape index (κ1) is 16.4. The third-order valence-corrected chi connectivity index (χ3v) is 4.01. The van der Waals surface area contributed by atoms with Crippen LogP contribution in [0.3, 0.4) is 0 Å². The Hall–Kier alpha value is -2.00. The summed E-state index contributed by atoms with van der Waals surface area (Å²) in [4.78, 5) is 0. The van der Waals surface area contributed by atoms with Crippen LogP contribution in [0.5, 0.6) is 11.5 Å². The minimum Gasteiger partial charge on any atom is -0.493 e. The van der Waals surface area contributed by atoms with E-state index in [-0.39, 0.29) is 0 Å².